The van der Waals surface area contributed by atoms with E-state index in [1.807, 2.05) is 32.0 Å². The summed E-state index contributed by atoms with van der Waals surface area (Å²) < 4.78 is 0. The molecule has 7 heteroatoms. The number of rotatable bonds is 3. The Morgan fingerprint density at radius 2 is 1.73 bits per heavy atom. The number of nitrogens with one attached hydrogen (secondary N) is 1. The molecule has 0 spiro atoms. The van der Waals surface area contributed by atoms with E-state index in [1.165, 1.54) is 12.1 Å². The lowest BCUT2D eigenvalue weighted by molar-refractivity contribution is -0.122. The first-order chi connectivity index (χ1) is 12.3. The molecule has 1 heterocycles. The summed E-state index contributed by atoms with van der Waals surface area (Å²) in [5.41, 5.74) is 3.44. The first-order valence-electron chi connectivity index (χ1n) is 8.09. The van der Waals surface area contributed by atoms with Gasteiger partial charge in [0.15, 0.2) is 0 Å². The summed E-state index contributed by atoms with van der Waals surface area (Å²) in [5, 5.41) is 3.64. The summed E-state index contributed by atoms with van der Waals surface area (Å²) >= 11 is 18.0. The Bertz CT molecular complexity index is 899. The van der Waals surface area contributed by atoms with Crippen LogP contribution in [0.5, 0.6) is 0 Å². The zero-order chi connectivity index (χ0) is 19.0. The first kappa shape index (κ1) is 19.0. The zero-order valence-electron chi connectivity index (χ0n) is 14.3. The van der Waals surface area contributed by atoms with Crippen molar-refractivity contribution < 1.29 is 9.59 Å². The number of carbonyl (C=O) groups excluding carboxylic acids is 2. The van der Waals surface area contributed by atoms with Gasteiger partial charge in [-0.15, -0.1) is 0 Å². The number of hydrogen-bond acceptors (Lipinski definition) is 2. The van der Waals surface area contributed by atoms with Gasteiger partial charge in [-0.05, 0) is 49.2 Å². The number of halogens is 3. The van der Waals surface area contributed by atoms with Crippen LogP contribution < -0.4 is 10.2 Å². The fourth-order valence-corrected chi connectivity index (χ4v) is 3.47. The number of carbonyl (C=O) groups is 2. The molecule has 1 N–H and O–H groups in total. The van der Waals surface area contributed by atoms with Crippen LogP contribution in [-0.4, -0.2) is 18.4 Å². The Hall–Kier alpha value is -1.75. The van der Waals surface area contributed by atoms with E-state index >= 15 is 0 Å². The van der Waals surface area contributed by atoms with Gasteiger partial charge in [-0.3, -0.25) is 9.59 Å². The van der Waals surface area contributed by atoms with Crippen LogP contribution in [0.2, 0.25) is 15.1 Å². The van der Waals surface area contributed by atoms with Crippen LogP contribution in [0.15, 0.2) is 30.3 Å². The first-order valence-corrected chi connectivity index (χ1v) is 9.22. The van der Waals surface area contributed by atoms with Crippen molar-refractivity contribution >= 4 is 58.0 Å². The molecule has 4 nitrogen and oxygen atoms in total. The summed E-state index contributed by atoms with van der Waals surface area (Å²) in [6.45, 7) is 4.34. The molecule has 1 fully saturated rings. The maximum atomic E-state index is 12.6. The molecule has 2 aromatic carbocycles. The Morgan fingerprint density at radius 1 is 1.04 bits per heavy atom. The van der Waals surface area contributed by atoms with E-state index < -0.39 is 5.92 Å². The molecule has 0 aromatic heterocycles. The van der Waals surface area contributed by atoms with Gasteiger partial charge in [-0.25, -0.2) is 0 Å². The van der Waals surface area contributed by atoms with Crippen LogP contribution >= 0.6 is 34.8 Å². The van der Waals surface area contributed by atoms with Crippen molar-refractivity contribution in [3.05, 3.63) is 56.5 Å². The van der Waals surface area contributed by atoms with Crippen molar-refractivity contribution in [2.75, 3.05) is 16.8 Å². The molecule has 26 heavy (non-hydrogen) atoms. The maximum Gasteiger partial charge on any atom is 0.229 e. The molecule has 1 atom stereocenters. The fraction of sp³-hybridized carbons (Fsp3) is 0.263. The number of nitrogens with zero attached hydrogens (tertiary/aromatic N) is 1. The van der Waals surface area contributed by atoms with Crippen molar-refractivity contribution in [1.82, 2.24) is 0 Å². The SMILES string of the molecule is Cc1ccc(N2CC(C(=O)Nc3cc(Cl)c(Cl)cc3Cl)CC2=O)cc1C. The minimum Gasteiger partial charge on any atom is -0.324 e. The quantitative estimate of drug-likeness (QED) is 0.701. The van der Waals surface area contributed by atoms with E-state index in [2.05, 4.69) is 5.32 Å². The Balaban J connectivity index is 1.75. The molecular formula is C19H17Cl3N2O2. The molecular weight excluding hydrogens is 395 g/mol. The van der Waals surface area contributed by atoms with Gasteiger partial charge in [0, 0.05) is 18.7 Å². The van der Waals surface area contributed by atoms with E-state index in [0.29, 0.717) is 27.3 Å². The highest BCUT2D eigenvalue weighted by atomic mass is 35.5. The number of anilines is 2. The molecule has 0 aliphatic carbocycles. The van der Waals surface area contributed by atoms with Gasteiger partial charge in [-0.1, -0.05) is 40.9 Å². The summed E-state index contributed by atoms with van der Waals surface area (Å²) in [6.07, 6.45) is 0.150. The minimum absolute atomic E-state index is 0.0753. The zero-order valence-corrected chi connectivity index (χ0v) is 16.5. The highest BCUT2D eigenvalue weighted by molar-refractivity contribution is 6.44. The van der Waals surface area contributed by atoms with Crippen molar-refractivity contribution in [3.8, 4) is 0 Å². The van der Waals surface area contributed by atoms with E-state index in [9.17, 15) is 9.59 Å². The van der Waals surface area contributed by atoms with Gasteiger partial charge in [0.2, 0.25) is 11.8 Å². The molecule has 1 unspecified atom stereocenters. The van der Waals surface area contributed by atoms with Gasteiger partial charge < -0.3 is 10.2 Å². The monoisotopic (exact) mass is 410 g/mol. The van der Waals surface area contributed by atoms with E-state index in [4.69, 9.17) is 34.8 Å². The third-order valence-electron chi connectivity index (χ3n) is 4.57. The van der Waals surface area contributed by atoms with E-state index in [1.54, 1.807) is 4.90 Å². The topological polar surface area (TPSA) is 49.4 Å². The predicted molar refractivity (Wildman–Crippen MR) is 106 cm³/mol. The van der Waals surface area contributed by atoms with Gasteiger partial charge in [0.25, 0.3) is 0 Å². The smallest absolute Gasteiger partial charge is 0.229 e. The molecule has 1 saturated heterocycles. The highest BCUT2D eigenvalue weighted by Crippen LogP contribution is 2.33. The minimum atomic E-state index is -0.463. The van der Waals surface area contributed by atoms with Crippen molar-refractivity contribution in [2.45, 2.75) is 20.3 Å². The average Bonchev–Trinajstić information content (AvgIpc) is 2.97. The van der Waals surface area contributed by atoms with Gasteiger partial charge in [0.1, 0.15) is 0 Å². The van der Waals surface area contributed by atoms with Crippen LogP contribution in [0.3, 0.4) is 0 Å². The predicted octanol–water partition coefficient (Wildman–Crippen LogP) is 5.26. The van der Waals surface area contributed by atoms with Crippen molar-refractivity contribution in [2.24, 2.45) is 5.92 Å². The molecule has 1 aliphatic heterocycles. The second-order valence-corrected chi connectivity index (χ2v) is 7.63. The van der Waals surface area contributed by atoms with Crippen LogP contribution in [0.4, 0.5) is 11.4 Å². The molecule has 1 aliphatic rings. The van der Waals surface area contributed by atoms with E-state index in [-0.39, 0.29) is 18.2 Å². The standard InChI is InChI=1S/C19H17Cl3N2O2/c1-10-3-4-13(5-11(10)2)24-9-12(6-18(24)25)19(26)23-17-8-15(21)14(20)7-16(17)22/h3-5,7-8,12H,6,9H2,1-2H3,(H,23,26). The van der Waals surface area contributed by atoms with Crippen molar-refractivity contribution in [1.29, 1.82) is 0 Å². The second kappa shape index (κ2) is 7.47. The van der Waals surface area contributed by atoms with Crippen LogP contribution in [0.1, 0.15) is 17.5 Å². The number of benzene rings is 2. The third kappa shape index (κ3) is 3.83. The van der Waals surface area contributed by atoms with Gasteiger partial charge >= 0.3 is 0 Å². The molecule has 3 rings (SSSR count). The average molecular weight is 412 g/mol. The highest BCUT2D eigenvalue weighted by Gasteiger charge is 2.35. The second-order valence-electron chi connectivity index (χ2n) is 6.41. The normalized spacial score (nSPS) is 16.9. The number of amides is 2. The number of hydrogen-bond donors (Lipinski definition) is 1. The maximum absolute atomic E-state index is 12.6. The Labute approximate surface area is 167 Å². The lowest BCUT2D eigenvalue weighted by Gasteiger charge is -2.18. The summed E-state index contributed by atoms with van der Waals surface area (Å²) in [6, 6.07) is 8.81. The summed E-state index contributed by atoms with van der Waals surface area (Å²) in [5.74, 6) is -0.812. The van der Waals surface area contributed by atoms with Crippen LogP contribution in [0.25, 0.3) is 0 Å². The van der Waals surface area contributed by atoms with Crippen LogP contribution in [0, 0.1) is 19.8 Å². The lowest BCUT2D eigenvalue weighted by Crippen LogP contribution is -2.28. The molecule has 136 valence electrons. The lowest BCUT2D eigenvalue weighted by atomic mass is 10.1. The Morgan fingerprint density at radius 3 is 2.42 bits per heavy atom. The third-order valence-corrected chi connectivity index (χ3v) is 5.60. The molecule has 0 radical (unpaired) electrons. The molecule has 2 amide bonds. The number of aryl methyl sites for hydroxylation is 2. The Kier molecular flexibility index (Phi) is 5.47. The fourth-order valence-electron chi connectivity index (χ4n) is 2.88. The molecule has 0 saturated carbocycles. The van der Waals surface area contributed by atoms with Gasteiger partial charge in [0.05, 0.1) is 26.7 Å². The van der Waals surface area contributed by atoms with Gasteiger partial charge in [-0.2, -0.15) is 0 Å². The van der Waals surface area contributed by atoms with E-state index in [0.717, 1.165) is 16.8 Å². The van der Waals surface area contributed by atoms with Crippen molar-refractivity contribution in [3.63, 3.8) is 0 Å². The summed E-state index contributed by atoms with van der Waals surface area (Å²) in [7, 11) is 0. The largest absolute Gasteiger partial charge is 0.324 e. The summed E-state index contributed by atoms with van der Waals surface area (Å²) in [4.78, 5) is 26.6. The molecule has 2 aromatic rings. The molecule has 0 bridgehead atoms. The van der Waals surface area contributed by atoms with Crippen LogP contribution in [-0.2, 0) is 9.59 Å².